The van der Waals surface area contributed by atoms with Gasteiger partial charge in [-0.15, -0.1) is 0 Å². The summed E-state index contributed by atoms with van der Waals surface area (Å²) >= 11 is 3.41. The number of aromatic nitrogens is 1. The van der Waals surface area contributed by atoms with Crippen molar-refractivity contribution in [2.45, 2.75) is 0 Å². The highest BCUT2D eigenvalue weighted by atomic mass is 79.9. The molecule has 0 amide bonds. The van der Waals surface area contributed by atoms with Crippen LogP contribution in [0.1, 0.15) is 5.56 Å². The van der Waals surface area contributed by atoms with E-state index in [-0.39, 0.29) is 0 Å². The van der Waals surface area contributed by atoms with Crippen molar-refractivity contribution in [3.8, 4) is 11.3 Å². The maximum atomic E-state index is 4.36. The second-order valence-corrected chi connectivity index (χ2v) is 4.07. The zero-order valence-corrected chi connectivity index (χ0v) is 9.74. The summed E-state index contributed by atoms with van der Waals surface area (Å²) in [5.74, 6) is 0. The minimum atomic E-state index is 0.972. The normalized spacial score (nSPS) is 9.93. The van der Waals surface area contributed by atoms with E-state index in [1.807, 2.05) is 42.5 Å². The summed E-state index contributed by atoms with van der Waals surface area (Å²) in [4.78, 5) is 4.36. The molecule has 0 atom stereocenters. The number of hydrogen-bond donors (Lipinski definition) is 0. The minimum absolute atomic E-state index is 0.972. The highest BCUT2D eigenvalue weighted by Gasteiger charge is 2.02. The summed E-state index contributed by atoms with van der Waals surface area (Å²) in [6.07, 6.45) is 3.62. The summed E-state index contributed by atoms with van der Waals surface area (Å²) in [6.45, 7) is 3.79. The van der Waals surface area contributed by atoms with Crippen molar-refractivity contribution in [3.05, 3.63) is 59.2 Å². The molecule has 2 rings (SSSR count). The van der Waals surface area contributed by atoms with Crippen LogP contribution in [-0.4, -0.2) is 4.98 Å². The number of hydrogen-bond acceptors (Lipinski definition) is 1. The van der Waals surface area contributed by atoms with Gasteiger partial charge < -0.3 is 0 Å². The first kappa shape index (κ1) is 10.1. The van der Waals surface area contributed by atoms with E-state index in [1.165, 1.54) is 0 Å². The molecule has 1 aromatic heterocycles. The van der Waals surface area contributed by atoms with E-state index < -0.39 is 0 Å². The molecule has 0 aliphatic rings. The second-order valence-electron chi connectivity index (χ2n) is 3.15. The summed E-state index contributed by atoms with van der Waals surface area (Å²) in [7, 11) is 0. The highest BCUT2D eigenvalue weighted by molar-refractivity contribution is 9.10. The average molecular weight is 260 g/mol. The summed E-state index contributed by atoms with van der Waals surface area (Å²) < 4.78 is 1.07. The van der Waals surface area contributed by atoms with Crippen molar-refractivity contribution in [2.75, 3.05) is 0 Å². The zero-order chi connectivity index (χ0) is 10.7. The monoisotopic (exact) mass is 259 g/mol. The van der Waals surface area contributed by atoms with Gasteiger partial charge in [0.15, 0.2) is 0 Å². The fraction of sp³-hybridized carbons (Fsp3) is 0. The van der Waals surface area contributed by atoms with Crippen LogP contribution in [0.3, 0.4) is 0 Å². The molecule has 1 heterocycles. The Labute approximate surface area is 97.6 Å². The lowest BCUT2D eigenvalue weighted by Crippen LogP contribution is -1.86. The van der Waals surface area contributed by atoms with Crippen molar-refractivity contribution >= 4 is 22.0 Å². The van der Waals surface area contributed by atoms with Gasteiger partial charge in [-0.1, -0.05) is 46.8 Å². The van der Waals surface area contributed by atoms with Crippen LogP contribution in [0.5, 0.6) is 0 Å². The van der Waals surface area contributed by atoms with Crippen molar-refractivity contribution in [3.63, 3.8) is 0 Å². The number of rotatable bonds is 2. The molecule has 2 aromatic rings. The third kappa shape index (κ3) is 2.16. The molecule has 2 heteroatoms. The van der Waals surface area contributed by atoms with E-state index in [1.54, 1.807) is 6.20 Å². The molecule has 1 nitrogen and oxygen atoms in total. The van der Waals surface area contributed by atoms with Crippen molar-refractivity contribution in [1.29, 1.82) is 0 Å². The molecule has 0 fully saturated rings. The number of nitrogens with zero attached hydrogens (tertiary/aromatic N) is 1. The Balaban J connectivity index is 2.53. The maximum absolute atomic E-state index is 4.36. The number of benzene rings is 1. The molecule has 0 N–H and O–H groups in total. The molecule has 0 aliphatic heterocycles. The van der Waals surface area contributed by atoms with Gasteiger partial charge in [0, 0.05) is 21.8 Å². The van der Waals surface area contributed by atoms with Crippen molar-refractivity contribution in [2.24, 2.45) is 0 Å². The SMILES string of the molecule is C=Cc1cccnc1-c1ccc(Br)cc1. The standard InChI is InChI=1S/C13H10BrN/c1-2-10-4-3-9-15-13(10)11-5-7-12(14)8-6-11/h2-9H,1H2. The second kappa shape index (κ2) is 4.41. The Bertz CT molecular complexity index is 474. The van der Waals surface area contributed by atoms with Gasteiger partial charge in [-0.3, -0.25) is 4.98 Å². The third-order valence-electron chi connectivity index (χ3n) is 2.18. The quantitative estimate of drug-likeness (QED) is 0.790. The molecular formula is C13H10BrN. The van der Waals surface area contributed by atoms with Crippen LogP contribution < -0.4 is 0 Å². The minimum Gasteiger partial charge on any atom is -0.256 e. The molecule has 0 unspecified atom stereocenters. The van der Waals surface area contributed by atoms with Gasteiger partial charge in [0.25, 0.3) is 0 Å². The first-order chi connectivity index (χ1) is 7.31. The summed E-state index contributed by atoms with van der Waals surface area (Å²) in [6, 6.07) is 12.0. The van der Waals surface area contributed by atoms with Gasteiger partial charge in [-0.05, 0) is 18.2 Å². The fourth-order valence-corrected chi connectivity index (χ4v) is 1.70. The first-order valence-corrected chi connectivity index (χ1v) is 5.44. The molecule has 0 saturated heterocycles. The lowest BCUT2D eigenvalue weighted by atomic mass is 10.1. The Kier molecular flexibility index (Phi) is 2.97. The Morgan fingerprint density at radius 2 is 1.87 bits per heavy atom. The van der Waals surface area contributed by atoms with E-state index in [0.29, 0.717) is 0 Å². The summed E-state index contributed by atoms with van der Waals surface area (Å²) in [5.41, 5.74) is 3.13. The molecule has 1 aromatic carbocycles. The molecule has 0 bridgehead atoms. The van der Waals surface area contributed by atoms with Gasteiger partial charge in [-0.2, -0.15) is 0 Å². The Hall–Kier alpha value is -1.41. The number of pyridine rings is 1. The van der Waals surface area contributed by atoms with E-state index >= 15 is 0 Å². The molecule has 0 aliphatic carbocycles. The van der Waals surface area contributed by atoms with E-state index in [9.17, 15) is 0 Å². The number of halogens is 1. The zero-order valence-electron chi connectivity index (χ0n) is 8.15. The van der Waals surface area contributed by atoms with Crippen LogP contribution in [0.2, 0.25) is 0 Å². The first-order valence-electron chi connectivity index (χ1n) is 4.64. The van der Waals surface area contributed by atoms with E-state index in [2.05, 4.69) is 27.5 Å². The van der Waals surface area contributed by atoms with E-state index in [0.717, 1.165) is 21.3 Å². The van der Waals surface area contributed by atoms with Gasteiger partial charge >= 0.3 is 0 Å². The molecule has 0 radical (unpaired) electrons. The lowest BCUT2D eigenvalue weighted by Gasteiger charge is -2.04. The molecule has 0 spiro atoms. The Morgan fingerprint density at radius 3 is 2.53 bits per heavy atom. The smallest absolute Gasteiger partial charge is 0.0774 e. The summed E-state index contributed by atoms with van der Waals surface area (Å²) in [5, 5.41) is 0. The lowest BCUT2D eigenvalue weighted by molar-refractivity contribution is 1.31. The van der Waals surface area contributed by atoms with E-state index in [4.69, 9.17) is 0 Å². The van der Waals surface area contributed by atoms with Gasteiger partial charge in [-0.25, -0.2) is 0 Å². The maximum Gasteiger partial charge on any atom is 0.0774 e. The third-order valence-corrected chi connectivity index (χ3v) is 2.71. The van der Waals surface area contributed by atoms with Crippen LogP contribution in [0.15, 0.2) is 53.6 Å². The molecule has 74 valence electrons. The Morgan fingerprint density at radius 1 is 1.13 bits per heavy atom. The van der Waals surface area contributed by atoms with Crippen LogP contribution in [0.4, 0.5) is 0 Å². The van der Waals surface area contributed by atoms with Crippen LogP contribution in [0.25, 0.3) is 17.3 Å². The highest BCUT2D eigenvalue weighted by Crippen LogP contribution is 2.23. The predicted molar refractivity (Wildman–Crippen MR) is 67.5 cm³/mol. The molecule has 0 saturated carbocycles. The fourth-order valence-electron chi connectivity index (χ4n) is 1.43. The van der Waals surface area contributed by atoms with Crippen molar-refractivity contribution < 1.29 is 0 Å². The van der Waals surface area contributed by atoms with Gasteiger partial charge in [0.05, 0.1) is 5.69 Å². The van der Waals surface area contributed by atoms with Gasteiger partial charge in [0.1, 0.15) is 0 Å². The topological polar surface area (TPSA) is 12.9 Å². The average Bonchev–Trinajstić information content (AvgIpc) is 2.30. The van der Waals surface area contributed by atoms with Crippen LogP contribution in [0, 0.1) is 0 Å². The van der Waals surface area contributed by atoms with Crippen LogP contribution in [-0.2, 0) is 0 Å². The largest absolute Gasteiger partial charge is 0.256 e. The van der Waals surface area contributed by atoms with Gasteiger partial charge in [0.2, 0.25) is 0 Å². The predicted octanol–water partition coefficient (Wildman–Crippen LogP) is 4.15. The molecular weight excluding hydrogens is 250 g/mol. The van der Waals surface area contributed by atoms with Crippen molar-refractivity contribution in [1.82, 2.24) is 4.98 Å². The van der Waals surface area contributed by atoms with Crippen LogP contribution >= 0.6 is 15.9 Å². The molecule has 15 heavy (non-hydrogen) atoms.